The van der Waals surface area contributed by atoms with Crippen LogP contribution in [0, 0.1) is 0 Å². The molecule has 1 saturated carbocycles. The van der Waals surface area contributed by atoms with Gasteiger partial charge in [0.1, 0.15) is 0 Å². The number of esters is 1. The van der Waals surface area contributed by atoms with Gasteiger partial charge in [0.15, 0.2) is 21.6 Å². The molecule has 0 unspecified atom stereocenters. The molecule has 29 heavy (non-hydrogen) atoms. The lowest BCUT2D eigenvalue weighted by atomic mass is 10.2. The van der Waals surface area contributed by atoms with Crippen molar-refractivity contribution in [1.82, 2.24) is 15.1 Å². The lowest BCUT2D eigenvalue weighted by Gasteiger charge is -2.16. The van der Waals surface area contributed by atoms with E-state index in [4.69, 9.17) is 4.74 Å². The van der Waals surface area contributed by atoms with Gasteiger partial charge >= 0.3 is 5.97 Å². The summed E-state index contributed by atoms with van der Waals surface area (Å²) in [6.45, 7) is 1.47. The standard InChI is InChI=1S/C20H23N3O5S/c1-13(19(24)21-15-9-10-29(26,27)12-15)28-20(25)18-11-17(14-7-8-14)22-23(18)16-5-3-2-4-6-16/h2-6,11,13-15H,7-10,12H2,1H3,(H,21,24)/t13-,15+/m0/s1. The molecular formula is C20H23N3O5S. The van der Waals surface area contributed by atoms with Crippen LogP contribution in [0.5, 0.6) is 0 Å². The number of hydrogen-bond donors (Lipinski definition) is 1. The number of amides is 1. The van der Waals surface area contributed by atoms with Gasteiger partial charge in [-0.15, -0.1) is 0 Å². The molecule has 2 fully saturated rings. The first kappa shape index (κ1) is 19.6. The van der Waals surface area contributed by atoms with Crippen LogP contribution in [0.4, 0.5) is 0 Å². The lowest BCUT2D eigenvalue weighted by Crippen LogP contribution is -2.42. The Labute approximate surface area is 169 Å². The molecule has 1 saturated heterocycles. The fourth-order valence-electron chi connectivity index (χ4n) is 3.39. The van der Waals surface area contributed by atoms with Gasteiger partial charge < -0.3 is 10.1 Å². The van der Waals surface area contributed by atoms with Gasteiger partial charge in [0.2, 0.25) is 0 Å². The number of rotatable bonds is 6. The van der Waals surface area contributed by atoms with Crippen molar-refractivity contribution in [2.75, 3.05) is 11.5 Å². The topological polar surface area (TPSA) is 107 Å². The number of carbonyl (C=O) groups excluding carboxylic acids is 2. The molecule has 154 valence electrons. The third kappa shape index (κ3) is 4.50. The number of benzene rings is 1. The Morgan fingerprint density at radius 1 is 1.21 bits per heavy atom. The molecule has 9 heteroatoms. The maximum Gasteiger partial charge on any atom is 0.357 e. The smallest absolute Gasteiger partial charge is 0.357 e. The molecule has 1 aliphatic carbocycles. The highest BCUT2D eigenvalue weighted by molar-refractivity contribution is 7.91. The van der Waals surface area contributed by atoms with Gasteiger partial charge in [0.05, 0.1) is 22.9 Å². The van der Waals surface area contributed by atoms with E-state index in [9.17, 15) is 18.0 Å². The Kier molecular flexibility index (Phi) is 5.16. The van der Waals surface area contributed by atoms with Gasteiger partial charge in [-0.25, -0.2) is 17.9 Å². The number of hydrogen-bond acceptors (Lipinski definition) is 6. The van der Waals surface area contributed by atoms with Crippen LogP contribution in [0.15, 0.2) is 36.4 Å². The van der Waals surface area contributed by atoms with Crippen LogP contribution in [0.3, 0.4) is 0 Å². The molecule has 0 radical (unpaired) electrons. The second-order valence-corrected chi connectivity index (χ2v) is 9.86. The first-order valence-electron chi connectivity index (χ1n) is 9.69. The van der Waals surface area contributed by atoms with E-state index in [0.717, 1.165) is 24.2 Å². The molecule has 1 aromatic carbocycles. The third-order valence-electron chi connectivity index (χ3n) is 5.17. The van der Waals surface area contributed by atoms with E-state index in [2.05, 4.69) is 10.4 Å². The molecule has 4 rings (SSSR count). The maximum absolute atomic E-state index is 12.8. The quantitative estimate of drug-likeness (QED) is 0.716. The molecule has 2 heterocycles. The SMILES string of the molecule is C[C@H](OC(=O)c1cc(C2CC2)nn1-c1ccccc1)C(=O)N[C@@H]1CCS(=O)(=O)C1. The van der Waals surface area contributed by atoms with Crippen molar-refractivity contribution in [2.45, 2.75) is 44.2 Å². The summed E-state index contributed by atoms with van der Waals surface area (Å²) in [7, 11) is -3.10. The summed E-state index contributed by atoms with van der Waals surface area (Å²) in [5, 5.41) is 7.22. The molecule has 0 bridgehead atoms. The zero-order valence-electron chi connectivity index (χ0n) is 16.1. The monoisotopic (exact) mass is 417 g/mol. The van der Waals surface area contributed by atoms with Crippen molar-refractivity contribution < 1.29 is 22.7 Å². The van der Waals surface area contributed by atoms with E-state index < -0.39 is 33.9 Å². The van der Waals surface area contributed by atoms with Crippen molar-refractivity contribution in [1.29, 1.82) is 0 Å². The largest absolute Gasteiger partial charge is 0.448 e. The zero-order valence-corrected chi connectivity index (χ0v) is 16.9. The maximum atomic E-state index is 12.8. The average molecular weight is 417 g/mol. The van der Waals surface area contributed by atoms with Crippen LogP contribution in [-0.2, 0) is 19.4 Å². The highest BCUT2D eigenvalue weighted by Gasteiger charge is 2.32. The van der Waals surface area contributed by atoms with Crippen LogP contribution in [0.1, 0.15) is 48.3 Å². The normalized spacial score (nSPS) is 21.5. The average Bonchev–Trinajstić information content (AvgIpc) is 3.35. The first-order chi connectivity index (χ1) is 13.8. The summed E-state index contributed by atoms with van der Waals surface area (Å²) in [4.78, 5) is 25.1. The highest BCUT2D eigenvalue weighted by atomic mass is 32.2. The minimum atomic E-state index is -3.10. The minimum absolute atomic E-state index is 0.0618. The summed E-state index contributed by atoms with van der Waals surface area (Å²) in [6, 6.07) is 10.6. The van der Waals surface area contributed by atoms with Gasteiger partial charge in [0, 0.05) is 12.0 Å². The molecule has 1 aliphatic heterocycles. The van der Waals surface area contributed by atoms with E-state index in [0.29, 0.717) is 12.3 Å². The fourth-order valence-corrected chi connectivity index (χ4v) is 5.06. The summed E-state index contributed by atoms with van der Waals surface area (Å²) >= 11 is 0. The van der Waals surface area contributed by atoms with E-state index in [1.54, 1.807) is 10.7 Å². The fraction of sp³-hybridized carbons (Fsp3) is 0.450. The van der Waals surface area contributed by atoms with Crippen molar-refractivity contribution in [3.8, 4) is 5.69 Å². The van der Waals surface area contributed by atoms with Gasteiger partial charge in [-0.1, -0.05) is 18.2 Å². The van der Waals surface area contributed by atoms with Crippen LogP contribution in [-0.4, -0.2) is 53.7 Å². The predicted molar refractivity (Wildman–Crippen MR) is 106 cm³/mol. The number of para-hydroxylation sites is 1. The first-order valence-corrected chi connectivity index (χ1v) is 11.5. The highest BCUT2D eigenvalue weighted by Crippen LogP contribution is 2.39. The van der Waals surface area contributed by atoms with Crippen LogP contribution in [0.2, 0.25) is 0 Å². The number of carbonyl (C=O) groups is 2. The Morgan fingerprint density at radius 2 is 1.93 bits per heavy atom. The molecule has 1 N–H and O–H groups in total. The number of nitrogens with zero attached hydrogens (tertiary/aromatic N) is 2. The Bertz CT molecular complexity index is 1030. The Morgan fingerprint density at radius 3 is 2.55 bits per heavy atom. The van der Waals surface area contributed by atoms with Crippen LogP contribution >= 0.6 is 0 Å². The van der Waals surface area contributed by atoms with E-state index in [-0.39, 0.29) is 17.2 Å². The second-order valence-electron chi connectivity index (χ2n) is 7.63. The zero-order chi connectivity index (χ0) is 20.6. The molecule has 1 aromatic heterocycles. The number of aromatic nitrogens is 2. The van der Waals surface area contributed by atoms with Crippen molar-refractivity contribution >= 4 is 21.7 Å². The van der Waals surface area contributed by atoms with Gasteiger partial charge in [-0.3, -0.25) is 4.79 Å². The van der Waals surface area contributed by atoms with E-state index >= 15 is 0 Å². The lowest BCUT2D eigenvalue weighted by molar-refractivity contribution is -0.129. The summed E-state index contributed by atoms with van der Waals surface area (Å²) < 4.78 is 30.0. The molecule has 2 atom stereocenters. The van der Waals surface area contributed by atoms with E-state index in [1.807, 2.05) is 30.3 Å². The molecule has 2 aromatic rings. The second kappa shape index (κ2) is 7.62. The third-order valence-corrected chi connectivity index (χ3v) is 6.93. The predicted octanol–water partition coefficient (Wildman–Crippen LogP) is 1.60. The number of ether oxygens (including phenoxy) is 1. The summed E-state index contributed by atoms with van der Waals surface area (Å²) in [5.41, 5.74) is 1.84. The van der Waals surface area contributed by atoms with Gasteiger partial charge in [0.25, 0.3) is 5.91 Å². The molecule has 0 spiro atoms. The van der Waals surface area contributed by atoms with Crippen molar-refractivity contribution in [3.63, 3.8) is 0 Å². The molecule has 2 aliphatic rings. The molecule has 1 amide bonds. The summed E-state index contributed by atoms with van der Waals surface area (Å²) in [5.74, 6) is -0.808. The van der Waals surface area contributed by atoms with Crippen molar-refractivity contribution in [2.24, 2.45) is 0 Å². The summed E-state index contributed by atoms with van der Waals surface area (Å²) in [6.07, 6.45) is 1.42. The van der Waals surface area contributed by atoms with Gasteiger partial charge in [-0.05, 0) is 44.4 Å². The van der Waals surface area contributed by atoms with Gasteiger partial charge in [-0.2, -0.15) is 5.10 Å². The van der Waals surface area contributed by atoms with Crippen molar-refractivity contribution in [3.05, 3.63) is 47.8 Å². The van der Waals surface area contributed by atoms with Crippen LogP contribution in [0.25, 0.3) is 5.69 Å². The minimum Gasteiger partial charge on any atom is -0.448 e. The number of nitrogens with one attached hydrogen (secondary N) is 1. The van der Waals surface area contributed by atoms with Crippen LogP contribution < -0.4 is 5.32 Å². The number of sulfone groups is 1. The Hall–Kier alpha value is -2.68. The van der Waals surface area contributed by atoms with E-state index in [1.165, 1.54) is 6.92 Å². The molecular weight excluding hydrogens is 394 g/mol. The molecule has 8 nitrogen and oxygen atoms in total. The Balaban J connectivity index is 1.47.